The molecule has 0 fully saturated rings. The van der Waals surface area contributed by atoms with Gasteiger partial charge in [0.2, 0.25) is 0 Å². The van der Waals surface area contributed by atoms with Gasteiger partial charge in [0, 0.05) is 6.20 Å². The lowest BCUT2D eigenvalue weighted by molar-refractivity contribution is 0.605. The molecule has 0 bridgehead atoms. The molecule has 0 amide bonds. The van der Waals surface area contributed by atoms with Crippen LogP contribution >= 0.6 is 0 Å². The second-order valence-corrected chi connectivity index (χ2v) is 2.86. The Morgan fingerprint density at radius 2 is 2.36 bits per heavy atom. The molecule has 1 heterocycles. The number of aromatic nitrogens is 2. The lowest BCUT2D eigenvalue weighted by Gasteiger charge is -1.83. The zero-order valence-electron chi connectivity index (χ0n) is 7.66. The van der Waals surface area contributed by atoms with E-state index in [1.54, 1.807) is 6.08 Å². The Labute approximate surface area is 80.7 Å². The van der Waals surface area contributed by atoms with Crippen molar-refractivity contribution >= 4 is 5.82 Å². The molecule has 2 rings (SSSR count). The van der Waals surface area contributed by atoms with Gasteiger partial charge in [-0.1, -0.05) is 6.08 Å². The quantitative estimate of drug-likeness (QED) is 0.659. The first kappa shape index (κ1) is 10.4. The number of nitrogen functional groups attached to an aromatic ring is 1. The third kappa shape index (κ3) is 3.84. The first-order valence-corrected chi connectivity index (χ1v) is 4.34. The molecular formula is C9H12FN3O. The fourth-order valence-electron chi connectivity index (χ4n) is 1.02. The number of aromatic amines is 1. The SMILES string of the molecule is FC1=CCCC1.Nc1cc[nH]c(=O)n1. The molecule has 0 aromatic carbocycles. The van der Waals surface area contributed by atoms with Gasteiger partial charge in [-0.15, -0.1) is 0 Å². The largest absolute Gasteiger partial charge is 0.383 e. The first-order chi connectivity index (χ1) is 6.68. The summed E-state index contributed by atoms with van der Waals surface area (Å²) >= 11 is 0. The van der Waals surface area contributed by atoms with E-state index in [2.05, 4.69) is 9.97 Å². The van der Waals surface area contributed by atoms with Crippen molar-refractivity contribution in [3.8, 4) is 0 Å². The van der Waals surface area contributed by atoms with Crippen LogP contribution in [0, 0.1) is 0 Å². The van der Waals surface area contributed by atoms with E-state index >= 15 is 0 Å². The summed E-state index contributed by atoms with van der Waals surface area (Å²) in [7, 11) is 0. The average molecular weight is 197 g/mol. The maximum atomic E-state index is 11.8. The molecular weight excluding hydrogens is 185 g/mol. The number of halogens is 1. The minimum absolute atomic E-state index is 0.0787. The summed E-state index contributed by atoms with van der Waals surface area (Å²) in [5, 5.41) is 0. The van der Waals surface area contributed by atoms with Crippen molar-refractivity contribution in [2.24, 2.45) is 0 Å². The number of nitrogens with two attached hydrogens (primary N) is 1. The van der Waals surface area contributed by atoms with Gasteiger partial charge in [-0.25, -0.2) is 9.18 Å². The van der Waals surface area contributed by atoms with E-state index in [1.165, 1.54) is 12.3 Å². The van der Waals surface area contributed by atoms with E-state index in [4.69, 9.17) is 5.73 Å². The number of allylic oxidation sites excluding steroid dienone is 2. The molecule has 0 unspecified atom stereocenters. The smallest absolute Gasteiger partial charge is 0.346 e. The zero-order chi connectivity index (χ0) is 10.4. The van der Waals surface area contributed by atoms with E-state index in [9.17, 15) is 9.18 Å². The highest BCUT2D eigenvalue weighted by molar-refractivity contribution is 5.22. The molecule has 1 aromatic rings. The van der Waals surface area contributed by atoms with E-state index in [1.807, 2.05) is 0 Å². The number of nitrogens with zero attached hydrogens (tertiary/aromatic N) is 1. The van der Waals surface area contributed by atoms with Crippen LogP contribution in [0.4, 0.5) is 10.2 Å². The monoisotopic (exact) mass is 197 g/mol. The van der Waals surface area contributed by atoms with Crippen molar-refractivity contribution in [1.29, 1.82) is 0 Å². The number of anilines is 1. The first-order valence-electron chi connectivity index (χ1n) is 4.34. The highest BCUT2D eigenvalue weighted by atomic mass is 19.1. The minimum atomic E-state index is -0.412. The van der Waals surface area contributed by atoms with Gasteiger partial charge in [-0.2, -0.15) is 4.98 Å². The number of rotatable bonds is 0. The van der Waals surface area contributed by atoms with E-state index in [0.717, 1.165) is 12.8 Å². The van der Waals surface area contributed by atoms with Crippen LogP contribution in [-0.2, 0) is 0 Å². The Balaban J connectivity index is 0.000000146. The molecule has 1 aliphatic rings. The zero-order valence-corrected chi connectivity index (χ0v) is 7.66. The molecule has 0 spiro atoms. The van der Waals surface area contributed by atoms with Gasteiger partial charge in [0.25, 0.3) is 0 Å². The summed E-state index contributed by atoms with van der Waals surface area (Å²) in [4.78, 5) is 15.9. The van der Waals surface area contributed by atoms with Crippen molar-refractivity contribution in [1.82, 2.24) is 9.97 Å². The molecule has 5 heteroatoms. The van der Waals surface area contributed by atoms with E-state index in [0.29, 0.717) is 6.42 Å². The average Bonchev–Trinajstić information content (AvgIpc) is 2.56. The van der Waals surface area contributed by atoms with Crippen molar-refractivity contribution in [2.75, 3.05) is 5.73 Å². The van der Waals surface area contributed by atoms with Crippen LogP contribution in [0.25, 0.3) is 0 Å². The fraction of sp³-hybridized carbons (Fsp3) is 0.333. The second kappa shape index (κ2) is 5.16. The molecule has 3 N–H and O–H groups in total. The normalized spacial score (nSPS) is 14.2. The van der Waals surface area contributed by atoms with Gasteiger partial charge in [0.1, 0.15) is 5.82 Å². The standard InChI is InChI=1S/C5H7F.C4H5N3O/c6-5-3-1-2-4-5;5-3-1-2-6-4(8)7-3/h3H,1-2,4H2;1-2H,(H3,5,6,7,8). The third-order valence-corrected chi connectivity index (χ3v) is 1.68. The van der Waals surface area contributed by atoms with Gasteiger partial charge in [-0.3, -0.25) is 0 Å². The topological polar surface area (TPSA) is 71.8 Å². The number of hydrogen-bond acceptors (Lipinski definition) is 3. The Bertz CT molecular complexity index is 372. The van der Waals surface area contributed by atoms with E-state index < -0.39 is 5.69 Å². The number of H-pyrrole nitrogens is 1. The van der Waals surface area contributed by atoms with Crippen LogP contribution in [-0.4, -0.2) is 9.97 Å². The third-order valence-electron chi connectivity index (χ3n) is 1.68. The predicted octanol–water partition coefficient (Wildman–Crippen LogP) is 1.38. The maximum Gasteiger partial charge on any atom is 0.346 e. The fourth-order valence-corrected chi connectivity index (χ4v) is 1.02. The predicted molar refractivity (Wildman–Crippen MR) is 52.3 cm³/mol. The highest BCUT2D eigenvalue weighted by Gasteiger charge is 1.99. The molecule has 0 aliphatic heterocycles. The summed E-state index contributed by atoms with van der Waals surface area (Å²) in [5.41, 5.74) is 4.72. The van der Waals surface area contributed by atoms with Crippen molar-refractivity contribution in [3.05, 3.63) is 34.7 Å². The van der Waals surface area contributed by atoms with Gasteiger partial charge >= 0.3 is 5.69 Å². The maximum absolute atomic E-state index is 11.8. The Hall–Kier alpha value is -1.65. The number of hydrogen-bond donors (Lipinski definition) is 2. The molecule has 1 aromatic heterocycles. The molecule has 76 valence electrons. The van der Waals surface area contributed by atoms with Crippen LogP contribution in [0.3, 0.4) is 0 Å². The summed E-state index contributed by atoms with van der Waals surface area (Å²) in [6.45, 7) is 0. The molecule has 4 nitrogen and oxygen atoms in total. The molecule has 0 saturated carbocycles. The van der Waals surface area contributed by atoms with Gasteiger partial charge in [-0.05, 0) is 25.3 Å². The molecule has 1 aliphatic carbocycles. The highest BCUT2D eigenvalue weighted by Crippen LogP contribution is 2.17. The van der Waals surface area contributed by atoms with Crippen molar-refractivity contribution in [2.45, 2.75) is 19.3 Å². The lowest BCUT2D eigenvalue weighted by Crippen LogP contribution is -2.10. The molecule has 0 atom stereocenters. The van der Waals surface area contributed by atoms with Crippen molar-refractivity contribution < 1.29 is 4.39 Å². The van der Waals surface area contributed by atoms with Gasteiger partial charge < -0.3 is 10.7 Å². The van der Waals surface area contributed by atoms with Crippen LogP contribution in [0.1, 0.15) is 19.3 Å². The second-order valence-electron chi connectivity index (χ2n) is 2.86. The van der Waals surface area contributed by atoms with Gasteiger partial charge in [0.05, 0.1) is 5.83 Å². The summed E-state index contributed by atoms with van der Waals surface area (Å²) in [6, 6.07) is 1.52. The minimum Gasteiger partial charge on any atom is -0.383 e. The molecule has 0 radical (unpaired) electrons. The van der Waals surface area contributed by atoms with Crippen molar-refractivity contribution in [3.63, 3.8) is 0 Å². The van der Waals surface area contributed by atoms with E-state index in [-0.39, 0.29) is 11.6 Å². The van der Waals surface area contributed by atoms with Crippen LogP contribution in [0.2, 0.25) is 0 Å². The van der Waals surface area contributed by atoms with Crippen LogP contribution < -0.4 is 11.4 Å². The Morgan fingerprint density at radius 3 is 2.64 bits per heavy atom. The Kier molecular flexibility index (Phi) is 3.84. The number of nitrogens with one attached hydrogen (secondary N) is 1. The van der Waals surface area contributed by atoms with Gasteiger partial charge in [0.15, 0.2) is 0 Å². The summed E-state index contributed by atoms with van der Waals surface area (Å²) in [5.74, 6) is 0.323. The van der Waals surface area contributed by atoms with Crippen LogP contribution in [0.5, 0.6) is 0 Å². The molecule has 0 saturated heterocycles. The summed E-state index contributed by atoms with van der Waals surface area (Å²) in [6.07, 6.45) is 5.75. The summed E-state index contributed by atoms with van der Waals surface area (Å²) < 4.78 is 11.8. The van der Waals surface area contributed by atoms with Crippen LogP contribution in [0.15, 0.2) is 29.0 Å². The Morgan fingerprint density at radius 1 is 1.57 bits per heavy atom. The molecule has 14 heavy (non-hydrogen) atoms. The lowest BCUT2D eigenvalue weighted by atomic mass is 10.4.